The third kappa shape index (κ3) is 2.54. The van der Waals surface area contributed by atoms with Gasteiger partial charge in [0.1, 0.15) is 5.75 Å². The zero-order chi connectivity index (χ0) is 13.9. The zero-order valence-electron chi connectivity index (χ0n) is 12.3. The van der Waals surface area contributed by atoms with E-state index in [4.69, 9.17) is 0 Å². The molecule has 3 rings (SSSR count). The van der Waals surface area contributed by atoms with Gasteiger partial charge in [-0.25, -0.2) is 0 Å². The second-order valence-electron chi connectivity index (χ2n) is 6.23. The monoisotopic (exact) mass is 268 g/mol. The normalized spacial score (nSPS) is 23.1. The van der Waals surface area contributed by atoms with Gasteiger partial charge in [0, 0.05) is 5.56 Å². The van der Waals surface area contributed by atoms with Gasteiger partial charge in [0.05, 0.1) is 0 Å². The quantitative estimate of drug-likeness (QED) is 0.766. The van der Waals surface area contributed by atoms with Crippen LogP contribution in [-0.4, -0.2) is 5.11 Å². The third-order valence-electron chi connectivity index (χ3n) is 4.90. The van der Waals surface area contributed by atoms with E-state index in [0.29, 0.717) is 11.7 Å². The van der Waals surface area contributed by atoms with Crippen molar-refractivity contribution in [3.05, 3.63) is 42.0 Å². The lowest BCUT2D eigenvalue weighted by molar-refractivity contribution is 0.305. The van der Waals surface area contributed by atoms with Gasteiger partial charge in [-0.05, 0) is 54.4 Å². The van der Waals surface area contributed by atoms with E-state index < -0.39 is 0 Å². The minimum absolute atomic E-state index is 0.489. The van der Waals surface area contributed by atoms with E-state index >= 15 is 0 Å². The van der Waals surface area contributed by atoms with Crippen LogP contribution in [0.25, 0.3) is 10.8 Å². The molecule has 1 fully saturated rings. The van der Waals surface area contributed by atoms with Crippen LogP contribution in [-0.2, 0) is 0 Å². The Hall–Kier alpha value is -1.50. The lowest BCUT2D eigenvalue weighted by atomic mass is 9.76. The highest BCUT2D eigenvalue weighted by Crippen LogP contribution is 2.43. The van der Waals surface area contributed by atoms with E-state index in [0.717, 1.165) is 5.92 Å². The summed E-state index contributed by atoms with van der Waals surface area (Å²) in [5.41, 5.74) is 1.19. The molecule has 0 heterocycles. The Balaban J connectivity index is 1.89. The maximum atomic E-state index is 10.3. The second kappa shape index (κ2) is 5.87. The van der Waals surface area contributed by atoms with E-state index in [-0.39, 0.29) is 0 Å². The number of phenolic OH excluding ortho intramolecular Hbond substituents is 1. The molecule has 1 aliphatic rings. The van der Waals surface area contributed by atoms with Crippen molar-refractivity contribution < 1.29 is 5.11 Å². The first-order chi connectivity index (χ1) is 9.79. The molecule has 20 heavy (non-hydrogen) atoms. The van der Waals surface area contributed by atoms with Crippen LogP contribution in [0.4, 0.5) is 0 Å². The van der Waals surface area contributed by atoms with Gasteiger partial charge in [0.15, 0.2) is 0 Å². The summed E-state index contributed by atoms with van der Waals surface area (Å²) in [7, 11) is 0. The van der Waals surface area contributed by atoms with Gasteiger partial charge >= 0.3 is 0 Å². The SMILES string of the molecule is CCCC1CCC(c2c(O)ccc3ccccc23)CC1. The molecule has 1 N–H and O–H groups in total. The molecule has 1 nitrogen and oxygen atoms in total. The predicted molar refractivity (Wildman–Crippen MR) is 85.2 cm³/mol. The molecule has 106 valence electrons. The Morgan fingerprint density at radius 1 is 1.00 bits per heavy atom. The van der Waals surface area contributed by atoms with Crippen LogP contribution in [0, 0.1) is 5.92 Å². The molecule has 0 atom stereocenters. The van der Waals surface area contributed by atoms with E-state index in [2.05, 4.69) is 31.2 Å². The number of hydrogen-bond donors (Lipinski definition) is 1. The maximum absolute atomic E-state index is 10.3. The van der Waals surface area contributed by atoms with Gasteiger partial charge in [0.2, 0.25) is 0 Å². The van der Waals surface area contributed by atoms with E-state index in [9.17, 15) is 5.11 Å². The lowest BCUT2D eigenvalue weighted by Crippen LogP contribution is -2.13. The summed E-state index contributed by atoms with van der Waals surface area (Å²) in [4.78, 5) is 0. The van der Waals surface area contributed by atoms with Crippen LogP contribution in [0.5, 0.6) is 5.75 Å². The predicted octanol–water partition coefficient (Wildman–Crippen LogP) is 5.62. The van der Waals surface area contributed by atoms with Crippen molar-refractivity contribution in [1.29, 1.82) is 0 Å². The molecule has 2 aromatic rings. The average Bonchev–Trinajstić information content (AvgIpc) is 2.49. The number of benzene rings is 2. The van der Waals surface area contributed by atoms with Gasteiger partial charge in [-0.3, -0.25) is 0 Å². The molecule has 0 aromatic heterocycles. The highest BCUT2D eigenvalue weighted by atomic mass is 16.3. The minimum Gasteiger partial charge on any atom is -0.508 e. The van der Waals surface area contributed by atoms with E-state index in [1.165, 1.54) is 54.9 Å². The number of aromatic hydroxyl groups is 1. The van der Waals surface area contributed by atoms with Crippen LogP contribution in [0.15, 0.2) is 36.4 Å². The molecule has 1 saturated carbocycles. The molecular weight excluding hydrogens is 244 g/mol. The summed E-state index contributed by atoms with van der Waals surface area (Å²) < 4.78 is 0. The first-order valence-corrected chi connectivity index (χ1v) is 8.00. The number of rotatable bonds is 3. The van der Waals surface area contributed by atoms with Crippen LogP contribution in [0.3, 0.4) is 0 Å². The van der Waals surface area contributed by atoms with Gasteiger partial charge < -0.3 is 5.11 Å². The van der Waals surface area contributed by atoms with Gasteiger partial charge in [-0.2, -0.15) is 0 Å². The fourth-order valence-electron chi connectivity index (χ4n) is 3.86. The first-order valence-electron chi connectivity index (χ1n) is 8.00. The van der Waals surface area contributed by atoms with Crippen molar-refractivity contribution in [2.75, 3.05) is 0 Å². The molecule has 1 aliphatic carbocycles. The molecular formula is C19H24O. The maximum Gasteiger partial charge on any atom is 0.119 e. The van der Waals surface area contributed by atoms with Gasteiger partial charge in [0.25, 0.3) is 0 Å². The Bertz CT molecular complexity index is 579. The van der Waals surface area contributed by atoms with Crippen molar-refractivity contribution in [2.24, 2.45) is 5.92 Å². The Morgan fingerprint density at radius 2 is 1.75 bits per heavy atom. The zero-order valence-corrected chi connectivity index (χ0v) is 12.3. The van der Waals surface area contributed by atoms with Crippen molar-refractivity contribution in [3.63, 3.8) is 0 Å². The van der Waals surface area contributed by atoms with Crippen LogP contribution >= 0.6 is 0 Å². The topological polar surface area (TPSA) is 20.2 Å². The third-order valence-corrected chi connectivity index (χ3v) is 4.90. The van der Waals surface area contributed by atoms with Crippen LogP contribution < -0.4 is 0 Å². The molecule has 2 aromatic carbocycles. The standard InChI is InChI=1S/C19H24O/c1-2-5-14-8-10-16(11-9-14)19-17-7-4-3-6-15(17)12-13-18(19)20/h3-4,6-7,12-14,16,20H,2,5,8-11H2,1H3. The molecule has 0 saturated heterocycles. The summed E-state index contributed by atoms with van der Waals surface area (Å²) in [6, 6.07) is 12.3. The Labute approximate surface area is 121 Å². The van der Waals surface area contributed by atoms with Crippen molar-refractivity contribution in [1.82, 2.24) is 0 Å². The summed E-state index contributed by atoms with van der Waals surface area (Å²) in [5, 5.41) is 12.8. The number of fused-ring (bicyclic) bond motifs is 1. The first kappa shape index (κ1) is 13.5. The minimum atomic E-state index is 0.489. The molecule has 0 radical (unpaired) electrons. The second-order valence-corrected chi connectivity index (χ2v) is 6.23. The van der Waals surface area contributed by atoms with Crippen LogP contribution in [0.1, 0.15) is 56.9 Å². The highest BCUT2D eigenvalue weighted by Gasteiger charge is 2.25. The molecule has 0 unspecified atom stereocenters. The van der Waals surface area contributed by atoms with Crippen LogP contribution in [0.2, 0.25) is 0 Å². The largest absolute Gasteiger partial charge is 0.508 e. The Kier molecular flexibility index (Phi) is 3.95. The molecule has 0 aliphatic heterocycles. The van der Waals surface area contributed by atoms with Gasteiger partial charge in [-0.1, -0.05) is 50.1 Å². The summed E-state index contributed by atoms with van der Waals surface area (Å²) >= 11 is 0. The summed E-state index contributed by atoms with van der Waals surface area (Å²) in [5.74, 6) is 1.94. The molecule has 0 bridgehead atoms. The average molecular weight is 268 g/mol. The summed E-state index contributed by atoms with van der Waals surface area (Å²) in [6.45, 7) is 2.28. The summed E-state index contributed by atoms with van der Waals surface area (Å²) in [6.07, 6.45) is 7.77. The van der Waals surface area contributed by atoms with Crippen molar-refractivity contribution in [2.45, 2.75) is 51.4 Å². The molecule has 1 heteroatoms. The van der Waals surface area contributed by atoms with E-state index in [1.54, 1.807) is 0 Å². The van der Waals surface area contributed by atoms with Gasteiger partial charge in [-0.15, -0.1) is 0 Å². The number of phenols is 1. The number of hydrogen-bond acceptors (Lipinski definition) is 1. The van der Waals surface area contributed by atoms with Crippen molar-refractivity contribution in [3.8, 4) is 5.75 Å². The van der Waals surface area contributed by atoms with Crippen molar-refractivity contribution >= 4 is 10.8 Å². The molecule has 0 spiro atoms. The fourth-order valence-corrected chi connectivity index (χ4v) is 3.86. The Morgan fingerprint density at radius 3 is 2.50 bits per heavy atom. The fraction of sp³-hybridized carbons (Fsp3) is 0.474. The molecule has 0 amide bonds. The van der Waals surface area contributed by atoms with E-state index in [1.807, 2.05) is 12.1 Å². The lowest BCUT2D eigenvalue weighted by Gasteiger charge is -2.29. The smallest absolute Gasteiger partial charge is 0.119 e. The highest BCUT2D eigenvalue weighted by molar-refractivity contribution is 5.88.